The number of sulfone groups is 1. The molecule has 0 N–H and O–H groups in total. The van der Waals surface area contributed by atoms with Gasteiger partial charge in [0.25, 0.3) is 0 Å². The number of hydrogen-bond donors (Lipinski definition) is 0. The summed E-state index contributed by atoms with van der Waals surface area (Å²) < 4.78 is 21.4. The zero-order chi connectivity index (χ0) is 7.61. The number of nitrogens with zero attached hydrogens (tertiary/aromatic N) is 1. The van der Waals surface area contributed by atoms with Crippen LogP contribution in [0.25, 0.3) is 0 Å². The number of hydrogen-bond acceptors (Lipinski definition) is 3. The molecule has 4 heteroatoms. The van der Waals surface area contributed by atoms with E-state index in [1.807, 2.05) is 0 Å². The van der Waals surface area contributed by atoms with Crippen LogP contribution in [0.15, 0.2) is 29.4 Å². The van der Waals surface area contributed by atoms with E-state index in [2.05, 4.69) is 11.2 Å². The monoisotopic (exact) mass is 156 g/mol. The molecule has 0 saturated heterocycles. The van der Waals surface area contributed by atoms with E-state index in [0.29, 0.717) is 0 Å². The van der Waals surface area contributed by atoms with E-state index in [-0.39, 0.29) is 4.90 Å². The van der Waals surface area contributed by atoms with Gasteiger partial charge in [-0.2, -0.15) is 0 Å². The van der Waals surface area contributed by atoms with Gasteiger partial charge in [0, 0.05) is 12.4 Å². The van der Waals surface area contributed by atoms with Crippen molar-refractivity contribution in [2.24, 2.45) is 0 Å². The lowest BCUT2D eigenvalue weighted by molar-refractivity contribution is 0.604. The predicted molar refractivity (Wildman–Crippen MR) is 36.8 cm³/mol. The maximum atomic E-state index is 10.7. The van der Waals surface area contributed by atoms with Crippen LogP contribution < -0.4 is 0 Å². The van der Waals surface area contributed by atoms with E-state index < -0.39 is 9.84 Å². The first kappa shape index (κ1) is 7.21. The van der Waals surface area contributed by atoms with E-state index >= 15 is 0 Å². The highest BCUT2D eigenvalue weighted by atomic mass is 32.2. The summed E-state index contributed by atoms with van der Waals surface area (Å²) in [5, 5.41) is 0. The molecule has 53 valence electrons. The maximum Gasteiger partial charge on any atom is 0.180 e. The van der Waals surface area contributed by atoms with Gasteiger partial charge in [-0.05, 0) is 12.1 Å². The van der Waals surface area contributed by atoms with Gasteiger partial charge in [-0.15, -0.1) is 0 Å². The van der Waals surface area contributed by atoms with Crippen LogP contribution in [0.5, 0.6) is 0 Å². The van der Waals surface area contributed by atoms with Gasteiger partial charge in [-0.25, -0.2) is 8.42 Å². The standard InChI is InChI=1S/C6H6NO2S/c1-10(8,9)6-3-2-4-7-5-6/h2-5H,1H2. The molecule has 0 saturated carbocycles. The number of pyridine rings is 1. The molecule has 1 rings (SSSR count). The molecule has 1 radical (unpaired) electrons. The van der Waals surface area contributed by atoms with Crippen molar-refractivity contribution in [2.45, 2.75) is 4.90 Å². The molecule has 10 heavy (non-hydrogen) atoms. The maximum absolute atomic E-state index is 10.7. The SMILES string of the molecule is [CH2]S(=O)(=O)c1cccnc1. The van der Waals surface area contributed by atoms with Gasteiger partial charge in [-0.3, -0.25) is 4.98 Å². The van der Waals surface area contributed by atoms with E-state index in [1.54, 1.807) is 6.07 Å². The molecular weight excluding hydrogens is 150 g/mol. The lowest BCUT2D eigenvalue weighted by Crippen LogP contribution is -1.93. The summed E-state index contributed by atoms with van der Waals surface area (Å²) in [5.74, 6) is 0. The van der Waals surface area contributed by atoms with Crippen molar-refractivity contribution in [3.8, 4) is 0 Å². The van der Waals surface area contributed by atoms with Gasteiger partial charge >= 0.3 is 0 Å². The van der Waals surface area contributed by atoms with Crippen molar-refractivity contribution in [1.82, 2.24) is 4.98 Å². The van der Waals surface area contributed by atoms with Crippen LogP contribution in [0.2, 0.25) is 0 Å². The van der Waals surface area contributed by atoms with Crippen molar-refractivity contribution >= 4 is 9.84 Å². The largest absolute Gasteiger partial charge is 0.263 e. The van der Waals surface area contributed by atoms with E-state index in [9.17, 15) is 8.42 Å². The normalized spacial score (nSPS) is 11.3. The van der Waals surface area contributed by atoms with E-state index in [1.165, 1.54) is 18.5 Å². The van der Waals surface area contributed by atoms with Gasteiger partial charge in [0.05, 0.1) is 11.2 Å². The Morgan fingerprint density at radius 2 is 2.20 bits per heavy atom. The Balaban J connectivity index is 3.22. The fraction of sp³-hybridized carbons (Fsp3) is 0. The molecule has 0 aliphatic rings. The minimum atomic E-state index is -3.32. The quantitative estimate of drug-likeness (QED) is 0.599. The summed E-state index contributed by atoms with van der Waals surface area (Å²) in [6.45, 7) is 0. The zero-order valence-electron chi connectivity index (χ0n) is 5.19. The van der Waals surface area contributed by atoms with Crippen LogP contribution >= 0.6 is 0 Å². The third-order valence-corrected chi connectivity index (χ3v) is 1.95. The number of rotatable bonds is 1. The zero-order valence-corrected chi connectivity index (χ0v) is 6.00. The van der Waals surface area contributed by atoms with Crippen LogP contribution in [-0.4, -0.2) is 13.4 Å². The van der Waals surface area contributed by atoms with Crippen LogP contribution in [0.3, 0.4) is 0 Å². The van der Waals surface area contributed by atoms with E-state index in [4.69, 9.17) is 0 Å². The minimum Gasteiger partial charge on any atom is -0.263 e. The molecule has 0 amide bonds. The van der Waals surface area contributed by atoms with Crippen molar-refractivity contribution in [3.63, 3.8) is 0 Å². The number of aromatic nitrogens is 1. The van der Waals surface area contributed by atoms with Gasteiger partial charge in [-0.1, -0.05) is 0 Å². The van der Waals surface area contributed by atoms with Crippen molar-refractivity contribution < 1.29 is 8.42 Å². The molecule has 0 fully saturated rings. The summed E-state index contributed by atoms with van der Waals surface area (Å²) in [5.41, 5.74) is 0. The van der Waals surface area contributed by atoms with Crippen LogP contribution in [0.4, 0.5) is 0 Å². The van der Waals surface area contributed by atoms with Crippen molar-refractivity contribution in [2.75, 3.05) is 0 Å². The lowest BCUT2D eigenvalue weighted by Gasteiger charge is -1.92. The van der Waals surface area contributed by atoms with Gasteiger partial charge in [0.1, 0.15) is 0 Å². The smallest absolute Gasteiger partial charge is 0.180 e. The fourth-order valence-electron chi connectivity index (χ4n) is 0.531. The summed E-state index contributed by atoms with van der Waals surface area (Å²) >= 11 is 0. The highest BCUT2D eigenvalue weighted by molar-refractivity contribution is 7.92. The summed E-state index contributed by atoms with van der Waals surface area (Å²) in [4.78, 5) is 3.78. The van der Waals surface area contributed by atoms with Gasteiger partial charge < -0.3 is 0 Å². The summed E-state index contributed by atoms with van der Waals surface area (Å²) in [6, 6.07) is 3.01. The van der Waals surface area contributed by atoms with E-state index in [0.717, 1.165) is 0 Å². The second-order valence-electron chi connectivity index (χ2n) is 1.80. The molecule has 0 atom stereocenters. The molecule has 1 aromatic rings. The van der Waals surface area contributed by atoms with Gasteiger partial charge in [0.2, 0.25) is 0 Å². The summed E-state index contributed by atoms with van der Waals surface area (Å²) in [7, 11) is -3.32. The second-order valence-corrected chi connectivity index (χ2v) is 3.50. The average molecular weight is 156 g/mol. The van der Waals surface area contributed by atoms with Crippen molar-refractivity contribution in [1.29, 1.82) is 0 Å². The Hall–Kier alpha value is -0.900. The molecule has 0 bridgehead atoms. The molecule has 1 heterocycles. The molecule has 1 aromatic heterocycles. The Morgan fingerprint density at radius 1 is 1.50 bits per heavy atom. The molecule has 0 aliphatic carbocycles. The molecule has 3 nitrogen and oxygen atoms in total. The van der Waals surface area contributed by atoms with Crippen LogP contribution in [0, 0.1) is 6.26 Å². The topological polar surface area (TPSA) is 47.0 Å². The molecule has 0 aliphatic heterocycles. The first-order valence-electron chi connectivity index (χ1n) is 2.59. The Bertz CT molecular complexity index is 304. The summed E-state index contributed by atoms with van der Waals surface area (Å²) in [6.07, 6.45) is 5.75. The average Bonchev–Trinajstić information content (AvgIpc) is 1.88. The van der Waals surface area contributed by atoms with Crippen LogP contribution in [-0.2, 0) is 9.84 Å². The van der Waals surface area contributed by atoms with Crippen molar-refractivity contribution in [3.05, 3.63) is 30.8 Å². The predicted octanol–water partition coefficient (Wildman–Crippen LogP) is 0.647. The Kier molecular flexibility index (Phi) is 1.72. The first-order valence-corrected chi connectivity index (χ1v) is 4.24. The molecule has 0 spiro atoms. The minimum absolute atomic E-state index is 0.148. The van der Waals surface area contributed by atoms with Gasteiger partial charge in [0.15, 0.2) is 9.84 Å². The Labute approximate surface area is 59.6 Å². The first-order chi connectivity index (χ1) is 4.61. The molecule has 0 unspecified atom stereocenters. The molecular formula is C6H6NO2S. The third kappa shape index (κ3) is 1.54. The fourth-order valence-corrected chi connectivity index (χ4v) is 1.04. The highest BCUT2D eigenvalue weighted by Gasteiger charge is 2.04. The second kappa shape index (κ2) is 2.38. The lowest BCUT2D eigenvalue weighted by atomic mass is 10.5. The molecule has 0 aromatic carbocycles. The highest BCUT2D eigenvalue weighted by Crippen LogP contribution is 2.05. The third-order valence-electron chi connectivity index (χ3n) is 0.994. The Morgan fingerprint density at radius 3 is 2.50 bits per heavy atom. The van der Waals surface area contributed by atoms with Crippen LogP contribution in [0.1, 0.15) is 0 Å².